The van der Waals surface area contributed by atoms with Gasteiger partial charge >= 0.3 is 0 Å². The van der Waals surface area contributed by atoms with Crippen molar-refractivity contribution in [2.75, 3.05) is 27.7 Å². The highest BCUT2D eigenvalue weighted by molar-refractivity contribution is 5.84. The lowest BCUT2D eigenvalue weighted by Crippen LogP contribution is -3.00. The molecule has 0 amide bonds. The summed E-state index contributed by atoms with van der Waals surface area (Å²) in [4.78, 5) is 0. The van der Waals surface area contributed by atoms with Crippen LogP contribution in [-0.4, -0.2) is 36.7 Å². The number of aromatic nitrogens is 1. The molecule has 116 valence electrons. The van der Waals surface area contributed by atoms with Crippen molar-refractivity contribution in [3.05, 3.63) is 47.7 Å². The zero-order chi connectivity index (χ0) is 14.8. The Morgan fingerprint density at radius 1 is 1.14 bits per heavy atom. The van der Waals surface area contributed by atoms with Crippen LogP contribution in [0.4, 0.5) is 0 Å². The SMILES string of the molecule is CC(C)=CCn1cc(CC[N+](C)(C)C)c2ccccc21.[I-]. The second-order valence-corrected chi connectivity index (χ2v) is 6.87. The molecule has 0 bridgehead atoms. The maximum Gasteiger partial charge on any atom is 0.0822 e. The fourth-order valence-corrected chi connectivity index (χ4v) is 2.41. The number of benzene rings is 1. The van der Waals surface area contributed by atoms with Crippen molar-refractivity contribution >= 4 is 10.9 Å². The minimum Gasteiger partial charge on any atom is -1.00 e. The van der Waals surface area contributed by atoms with Crippen molar-refractivity contribution < 1.29 is 28.5 Å². The van der Waals surface area contributed by atoms with Crippen LogP contribution in [0.1, 0.15) is 19.4 Å². The molecule has 0 radical (unpaired) electrons. The molecule has 3 heteroatoms. The Bertz CT molecular complexity index is 614. The maximum atomic E-state index is 2.37. The highest BCUT2D eigenvalue weighted by Gasteiger charge is 2.12. The van der Waals surface area contributed by atoms with E-state index in [-0.39, 0.29) is 24.0 Å². The van der Waals surface area contributed by atoms with Gasteiger partial charge in [-0.2, -0.15) is 0 Å². The molecule has 0 aliphatic carbocycles. The minimum absolute atomic E-state index is 0. The number of nitrogens with zero attached hydrogens (tertiary/aromatic N) is 2. The van der Waals surface area contributed by atoms with Crippen LogP contribution in [0.15, 0.2) is 42.1 Å². The summed E-state index contributed by atoms with van der Waals surface area (Å²) in [6.45, 7) is 6.44. The number of fused-ring (bicyclic) bond motifs is 1. The second kappa shape index (κ2) is 7.45. The number of likely N-dealkylation sites (N-methyl/N-ethyl adjacent to an activating group) is 1. The van der Waals surface area contributed by atoms with Crippen LogP contribution in [0.25, 0.3) is 10.9 Å². The maximum absolute atomic E-state index is 2.37. The van der Waals surface area contributed by atoms with E-state index in [0.717, 1.165) is 24.0 Å². The van der Waals surface area contributed by atoms with Crippen molar-refractivity contribution in [2.45, 2.75) is 26.8 Å². The van der Waals surface area contributed by atoms with Crippen LogP contribution in [0, 0.1) is 0 Å². The summed E-state index contributed by atoms with van der Waals surface area (Å²) >= 11 is 0. The first-order valence-electron chi connectivity index (χ1n) is 7.37. The van der Waals surface area contributed by atoms with Gasteiger partial charge in [-0.25, -0.2) is 0 Å². The smallest absolute Gasteiger partial charge is 0.0822 e. The van der Waals surface area contributed by atoms with Gasteiger partial charge in [0.1, 0.15) is 0 Å². The van der Waals surface area contributed by atoms with Crippen LogP contribution in [0.2, 0.25) is 0 Å². The van der Waals surface area contributed by atoms with E-state index in [2.05, 4.69) is 76.1 Å². The number of quaternary nitrogens is 1. The third-order valence-corrected chi connectivity index (χ3v) is 3.62. The average Bonchev–Trinajstić information content (AvgIpc) is 2.71. The Morgan fingerprint density at radius 2 is 1.81 bits per heavy atom. The monoisotopic (exact) mass is 398 g/mol. The van der Waals surface area contributed by atoms with E-state index >= 15 is 0 Å². The highest BCUT2D eigenvalue weighted by Crippen LogP contribution is 2.22. The summed E-state index contributed by atoms with van der Waals surface area (Å²) in [6, 6.07) is 8.75. The van der Waals surface area contributed by atoms with Crippen LogP contribution < -0.4 is 24.0 Å². The van der Waals surface area contributed by atoms with E-state index < -0.39 is 0 Å². The molecule has 21 heavy (non-hydrogen) atoms. The summed E-state index contributed by atoms with van der Waals surface area (Å²) < 4.78 is 3.38. The first-order chi connectivity index (χ1) is 9.37. The molecule has 0 aliphatic heterocycles. The predicted octanol–water partition coefficient (Wildman–Crippen LogP) is 0.860. The van der Waals surface area contributed by atoms with E-state index in [4.69, 9.17) is 0 Å². The Hall–Kier alpha value is -0.810. The molecule has 1 aromatic heterocycles. The molecule has 2 aromatic rings. The molecule has 0 atom stereocenters. The van der Waals surface area contributed by atoms with Crippen molar-refractivity contribution in [2.24, 2.45) is 0 Å². The largest absolute Gasteiger partial charge is 1.00 e. The zero-order valence-corrected chi connectivity index (χ0v) is 16.0. The first kappa shape index (κ1) is 18.2. The summed E-state index contributed by atoms with van der Waals surface area (Å²) in [6.07, 6.45) is 5.75. The molecular weight excluding hydrogens is 371 g/mol. The van der Waals surface area contributed by atoms with Crippen LogP contribution in [0.3, 0.4) is 0 Å². The lowest BCUT2D eigenvalue weighted by Gasteiger charge is -2.23. The van der Waals surface area contributed by atoms with Crippen LogP contribution in [-0.2, 0) is 13.0 Å². The zero-order valence-electron chi connectivity index (χ0n) is 13.9. The molecule has 1 aromatic carbocycles. The van der Waals surface area contributed by atoms with E-state index in [1.807, 2.05) is 0 Å². The molecule has 0 saturated heterocycles. The third-order valence-electron chi connectivity index (χ3n) is 3.62. The van der Waals surface area contributed by atoms with Gasteiger partial charge < -0.3 is 33.0 Å². The third kappa shape index (κ3) is 5.15. The number of hydrogen-bond donors (Lipinski definition) is 0. The van der Waals surface area contributed by atoms with E-state index in [1.165, 1.54) is 22.0 Å². The van der Waals surface area contributed by atoms with Crippen molar-refractivity contribution in [1.82, 2.24) is 4.57 Å². The lowest BCUT2D eigenvalue weighted by molar-refractivity contribution is -0.870. The number of allylic oxidation sites excluding steroid dienone is 2. The van der Waals surface area contributed by atoms with Gasteiger partial charge in [-0.1, -0.05) is 29.8 Å². The summed E-state index contributed by atoms with van der Waals surface area (Å²) in [5.41, 5.74) is 4.19. The molecule has 2 rings (SSSR count). The van der Waals surface area contributed by atoms with Crippen LogP contribution in [0.5, 0.6) is 0 Å². The standard InChI is InChI=1S/C18H27N2.HI/c1-15(2)10-12-19-14-16(11-13-20(3,4)5)17-8-6-7-9-18(17)19;/h6-10,14H,11-13H2,1-5H3;1H/q+1;/p-1. The van der Waals surface area contributed by atoms with Crippen molar-refractivity contribution in [3.63, 3.8) is 0 Å². The summed E-state index contributed by atoms with van der Waals surface area (Å²) in [5.74, 6) is 0. The second-order valence-electron chi connectivity index (χ2n) is 6.87. The van der Waals surface area contributed by atoms with Gasteiger partial charge in [0, 0.05) is 30.1 Å². The van der Waals surface area contributed by atoms with Gasteiger partial charge in [0.2, 0.25) is 0 Å². The molecule has 0 aliphatic rings. The molecule has 0 spiro atoms. The quantitative estimate of drug-likeness (QED) is 0.400. The lowest BCUT2D eigenvalue weighted by atomic mass is 10.1. The van der Waals surface area contributed by atoms with Gasteiger partial charge in [-0.3, -0.25) is 0 Å². The highest BCUT2D eigenvalue weighted by atomic mass is 127. The number of hydrogen-bond acceptors (Lipinski definition) is 0. The molecule has 0 saturated carbocycles. The first-order valence-corrected chi connectivity index (χ1v) is 7.37. The Labute approximate surface area is 146 Å². The number of rotatable bonds is 5. The fraction of sp³-hybridized carbons (Fsp3) is 0.444. The molecule has 0 unspecified atom stereocenters. The molecule has 1 heterocycles. The molecule has 2 nitrogen and oxygen atoms in total. The summed E-state index contributed by atoms with van der Waals surface area (Å²) in [7, 11) is 6.76. The summed E-state index contributed by atoms with van der Waals surface area (Å²) in [5, 5.41) is 1.41. The van der Waals surface area contributed by atoms with E-state index in [9.17, 15) is 0 Å². The van der Waals surface area contributed by atoms with Crippen molar-refractivity contribution in [1.29, 1.82) is 0 Å². The molecule has 0 N–H and O–H groups in total. The van der Waals surface area contributed by atoms with Gasteiger partial charge in [0.05, 0.1) is 27.7 Å². The minimum atomic E-state index is 0. The van der Waals surface area contributed by atoms with Gasteiger partial charge in [-0.05, 0) is 25.5 Å². The van der Waals surface area contributed by atoms with Gasteiger partial charge in [0.15, 0.2) is 0 Å². The van der Waals surface area contributed by atoms with E-state index in [1.54, 1.807) is 0 Å². The predicted molar refractivity (Wildman–Crippen MR) is 88.0 cm³/mol. The van der Waals surface area contributed by atoms with Crippen molar-refractivity contribution in [3.8, 4) is 0 Å². The van der Waals surface area contributed by atoms with Gasteiger partial charge in [-0.15, -0.1) is 0 Å². The normalized spacial score (nSPS) is 11.3. The number of para-hydroxylation sites is 1. The topological polar surface area (TPSA) is 4.93 Å². The Kier molecular flexibility index (Phi) is 6.47. The van der Waals surface area contributed by atoms with Crippen LogP contribution >= 0.6 is 0 Å². The van der Waals surface area contributed by atoms with Gasteiger partial charge in [0.25, 0.3) is 0 Å². The fourth-order valence-electron chi connectivity index (χ4n) is 2.41. The average molecular weight is 398 g/mol. The number of halogens is 1. The van der Waals surface area contributed by atoms with E-state index in [0.29, 0.717) is 0 Å². The molecule has 0 fully saturated rings. The Morgan fingerprint density at radius 3 is 2.43 bits per heavy atom. The molecular formula is C18H27IN2. The Balaban J connectivity index is 0.00000220.